The fourth-order valence-corrected chi connectivity index (χ4v) is 1.36. The van der Waals surface area contributed by atoms with Gasteiger partial charge in [-0.1, -0.05) is 13.8 Å². The van der Waals surface area contributed by atoms with E-state index in [0.29, 0.717) is 12.3 Å². The second-order valence-electron chi connectivity index (χ2n) is 4.34. The van der Waals surface area contributed by atoms with Crippen molar-refractivity contribution < 1.29 is 4.79 Å². The monoisotopic (exact) mass is 200 g/mol. The van der Waals surface area contributed by atoms with Gasteiger partial charge in [0.1, 0.15) is 0 Å². The summed E-state index contributed by atoms with van der Waals surface area (Å²) in [7, 11) is 0. The molecule has 3 heteroatoms. The van der Waals surface area contributed by atoms with Gasteiger partial charge in [-0.25, -0.2) is 0 Å². The van der Waals surface area contributed by atoms with E-state index < -0.39 is 0 Å². The van der Waals surface area contributed by atoms with Crippen molar-refractivity contribution in [2.24, 2.45) is 11.7 Å². The summed E-state index contributed by atoms with van der Waals surface area (Å²) in [6.45, 7) is 9.87. The standard InChI is InChI=1S/C11H24N2O/c1-5-13(8-9(2)3)11(14)7-6-10(4)12/h9-10H,5-8,12H2,1-4H3. The molecule has 2 N–H and O–H groups in total. The number of hydrogen-bond acceptors (Lipinski definition) is 2. The maximum Gasteiger partial charge on any atom is 0.222 e. The summed E-state index contributed by atoms with van der Waals surface area (Å²) in [5.41, 5.74) is 5.61. The summed E-state index contributed by atoms with van der Waals surface area (Å²) in [6, 6.07) is 0.122. The first-order valence-corrected chi connectivity index (χ1v) is 5.50. The van der Waals surface area contributed by atoms with Crippen molar-refractivity contribution in [3.63, 3.8) is 0 Å². The number of hydrogen-bond donors (Lipinski definition) is 1. The Morgan fingerprint density at radius 1 is 1.36 bits per heavy atom. The van der Waals surface area contributed by atoms with Crippen LogP contribution in [0.4, 0.5) is 0 Å². The van der Waals surface area contributed by atoms with Crippen LogP contribution < -0.4 is 5.73 Å². The van der Waals surface area contributed by atoms with Gasteiger partial charge in [-0.15, -0.1) is 0 Å². The summed E-state index contributed by atoms with van der Waals surface area (Å²) < 4.78 is 0. The van der Waals surface area contributed by atoms with Crippen LogP contribution in [0.25, 0.3) is 0 Å². The highest BCUT2D eigenvalue weighted by Gasteiger charge is 2.12. The van der Waals surface area contributed by atoms with Crippen LogP contribution in [0.1, 0.15) is 40.5 Å². The zero-order valence-corrected chi connectivity index (χ0v) is 9.92. The third-order valence-corrected chi connectivity index (χ3v) is 2.13. The van der Waals surface area contributed by atoms with Crippen LogP contribution >= 0.6 is 0 Å². The summed E-state index contributed by atoms with van der Waals surface area (Å²) in [6.07, 6.45) is 1.37. The van der Waals surface area contributed by atoms with E-state index in [0.717, 1.165) is 19.5 Å². The minimum atomic E-state index is 0.122. The van der Waals surface area contributed by atoms with Gasteiger partial charge in [-0.05, 0) is 26.2 Å². The predicted molar refractivity (Wildman–Crippen MR) is 60.0 cm³/mol. The first-order chi connectivity index (χ1) is 6.47. The van der Waals surface area contributed by atoms with Gasteiger partial charge >= 0.3 is 0 Å². The summed E-state index contributed by atoms with van der Waals surface area (Å²) in [5.74, 6) is 0.771. The Hall–Kier alpha value is -0.570. The van der Waals surface area contributed by atoms with Crippen LogP contribution in [0.15, 0.2) is 0 Å². The minimum absolute atomic E-state index is 0.122. The average molecular weight is 200 g/mol. The van der Waals surface area contributed by atoms with Crippen LogP contribution in [0, 0.1) is 5.92 Å². The molecule has 1 atom stereocenters. The smallest absolute Gasteiger partial charge is 0.222 e. The molecule has 0 aliphatic carbocycles. The number of rotatable bonds is 6. The maximum atomic E-state index is 11.7. The van der Waals surface area contributed by atoms with E-state index >= 15 is 0 Å². The van der Waals surface area contributed by atoms with E-state index in [-0.39, 0.29) is 11.9 Å². The van der Waals surface area contributed by atoms with Gasteiger partial charge in [0.25, 0.3) is 0 Å². The van der Waals surface area contributed by atoms with Crippen molar-refractivity contribution in [3.8, 4) is 0 Å². The predicted octanol–water partition coefficient (Wildman–Crippen LogP) is 1.62. The van der Waals surface area contributed by atoms with E-state index in [1.165, 1.54) is 0 Å². The van der Waals surface area contributed by atoms with Crippen molar-refractivity contribution in [1.29, 1.82) is 0 Å². The SMILES string of the molecule is CCN(CC(C)C)C(=O)CCC(C)N. The average Bonchev–Trinajstić information content (AvgIpc) is 2.09. The Morgan fingerprint density at radius 2 is 1.93 bits per heavy atom. The molecular weight excluding hydrogens is 176 g/mol. The summed E-state index contributed by atoms with van der Waals surface area (Å²) >= 11 is 0. The molecule has 14 heavy (non-hydrogen) atoms. The lowest BCUT2D eigenvalue weighted by Gasteiger charge is -2.23. The van der Waals surface area contributed by atoms with E-state index in [2.05, 4.69) is 13.8 Å². The molecule has 3 nitrogen and oxygen atoms in total. The molecule has 1 amide bonds. The molecule has 0 rings (SSSR count). The first-order valence-electron chi connectivity index (χ1n) is 5.50. The van der Waals surface area contributed by atoms with Crippen molar-refractivity contribution in [2.45, 2.75) is 46.6 Å². The zero-order chi connectivity index (χ0) is 11.1. The molecule has 0 aliphatic rings. The Morgan fingerprint density at radius 3 is 2.29 bits per heavy atom. The number of nitrogens with zero attached hydrogens (tertiary/aromatic N) is 1. The number of carbonyl (C=O) groups is 1. The fourth-order valence-electron chi connectivity index (χ4n) is 1.36. The van der Waals surface area contributed by atoms with Gasteiger partial charge in [0.05, 0.1) is 0 Å². The van der Waals surface area contributed by atoms with Crippen LogP contribution in [-0.2, 0) is 4.79 Å². The molecular formula is C11H24N2O. The second kappa shape index (κ2) is 6.82. The van der Waals surface area contributed by atoms with Gasteiger partial charge in [0.2, 0.25) is 5.91 Å². The summed E-state index contributed by atoms with van der Waals surface area (Å²) in [5, 5.41) is 0. The molecule has 0 aliphatic heterocycles. The van der Waals surface area contributed by atoms with Crippen LogP contribution in [-0.4, -0.2) is 29.9 Å². The van der Waals surface area contributed by atoms with E-state index in [4.69, 9.17) is 5.73 Å². The van der Waals surface area contributed by atoms with Gasteiger partial charge in [0, 0.05) is 25.6 Å². The first kappa shape index (κ1) is 13.4. The van der Waals surface area contributed by atoms with Crippen molar-refractivity contribution in [1.82, 2.24) is 4.90 Å². The second-order valence-corrected chi connectivity index (χ2v) is 4.34. The number of nitrogens with two attached hydrogens (primary N) is 1. The van der Waals surface area contributed by atoms with E-state index in [9.17, 15) is 4.79 Å². The molecule has 0 saturated carbocycles. The summed E-state index contributed by atoms with van der Waals surface area (Å²) in [4.78, 5) is 13.6. The van der Waals surface area contributed by atoms with Crippen molar-refractivity contribution in [3.05, 3.63) is 0 Å². The largest absolute Gasteiger partial charge is 0.343 e. The Bertz CT molecular complexity index is 167. The zero-order valence-electron chi connectivity index (χ0n) is 9.92. The minimum Gasteiger partial charge on any atom is -0.343 e. The van der Waals surface area contributed by atoms with Crippen molar-refractivity contribution in [2.75, 3.05) is 13.1 Å². The van der Waals surface area contributed by atoms with Crippen molar-refractivity contribution >= 4 is 5.91 Å². The topological polar surface area (TPSA) is 46.3 Å². The molecule has 84 valence electrons. The van der Waals surface area contributed by atoms with Gasteiger partial charge < -0.3 is 10.6 Å². The molecule has 0 radical (unpaired) electrons. The van der Waals surface area contributed by atoms with Gasteiger partial charge in [-0.2, -0.15) is 0 Å². The number of carbonyl (C=O) groups excluding carboxylic acids is 1. The van der Waals surface area contributed by atoms with E-state index in [1.54, 1.807) is 0 Å². The molecule has 1 unspecified atom stereocenters. The highest BCUT2D eigenvalue weighted by molar-refractivity contribution is 5.76. The van der Waals surface area contributed by atoms with Gasteiger partial charge in [0.15, 0.2) is 0 Å². The van der Waals surface area contributed by atoms with Crippen LogP contribution in [0.5, 0.6) is 0 Å². The third kappa shape index (κ3) is 5.97. The molecule has 0 aromatic heterocycles. The Balaban J connectivity index is 3.92. The third-order valence-electron chi connectivity index (χ3n) is 2.13. The lowest BCUT2D eigenvalue weighted by molar-refractivity contribution is -0.131. The highest BCUT2D eigenvalue weighted by atomic mass is 16.2. The van der Waals surface area contributed by atoms with E-state index in [1.807, 2.05) is 18.7 Å². The molecule has 0 spiro atoms. The molecule has 0 fully saturated rings. The fraction of sp³-hybridized carbons (Fsp3) is 0.909. The Labute approximate surface area is 87.6 Å². The lowest BCUT2D eigenvalue weighted by Crippen LogP contribution is -2.34. The lowest BCUT2D eigenvalue weighted by atomic mass is 10.1. The maximum absolute atomic E-state index is 11.7. The Kier molecular flexibility index (Phi) is 6.54. The quantitative estimate of drug-likeness (QED) is 0.708. The molecule has 0 saturated heterocycles. The molecule has 0 heterocycles. The molecule has 0 aromatic rings. The molecule has 0 bridgehead atoms. The normalized spacial score (nSPS) is 13.0. The van der Waals surface area contributed by atoms with Crippen LogP contribution in [0.2, 0.25) is 0 Å². The van der Waals surface area contributed by atoms with Crippen LogP contribution in [0.3, 0.4) is 0 Å². The highest BCUT2D eigenvalue weighted by Crippen LogP contribution is 2.03. The van der Waals surface area contributed by atoms with Gasteiger partial charge in [-0.3, -0.25) is 4.79 Å². The molecule has 0 aromatic carbocycles. The number of amides is 1.